The number of nitro benzene ring substituents is 1. The molecular weight excluding hydrogens is 410 g/mol. The Morgan fingerprint density at radius 2 is 1.81 bits per heavy atom. The van der Waals surface area contributed by atoms with Gasteiger partial charge in [0, 0.05) is 25.5 Å². The van der Waals surface area contributed by atoms with Gasteiger partial charge in [0.05, 0.1) is 30.8 Å². The predicted molar refractivity (Wildman–Crippen MR) is 107 cm³/mol. The molecule has 1 aliphatic heterocycles. The number of hydrogen-bond acceptors (Lipinski definition) is 9. The van der Waals surface area contributed by atoms with Crippen molar-refractivity contribution in [2.45, 2.75) is 20.1 Å². The van der Waals surface area contributed by atoms with Crippen molar-refractivity contribution in [1.29, 1.82) is 0 Å². The molecule has 11 nitrogen and oxygen atoms in total. The van der Waals surface area contributed by atoms with Gasteiger partial charge in [0.2, 0.25) is 18.0 Å². The number of nitro groups is 1. The second-order valence-electron chi connectivity index (χ2n) is 6.39. The Morgan fingerprint density at radius 3 is 2.32 bits per heavy atom. The number of benzene rings is 2. The van der Waals surface area contributed by atoms with Crippen molar-refractivity contribution < 1.29 is 33.5 Å². The molecule has 1 aliphatic rings. The van der Waals surface area contributed by atoms with Gasteiger partial charge in [-0.15, -0.1) is 5.10 Å². The van der Waals surface area contributed by atoms with E-state index in [4.69, 9.17) is 18.9 Å². The summed E-state index contributed by atoms with van der Waals surface area (Å²) in [6, 6.07) is 9.01. The lowest BCUT2D eigenvalue weighted by Crippen LogP contribution is -2.25. The van der Waals surface area contributed by atoms with Gasteiger partial charge in [0.15, 0.2) is 11.5 Å². The number of esters is 1. The number of amides is 1. The van der Waals surface area contributed by atoms with Crippen molar-refractivity contribution in [3.8, 4) is 17.2 Å². The Kier molecular flexibility index (Phi) is 6.05. The summed E-state index contributed by atoms with van der Waals surface area (Å²) in [5.41, 5.74) is 0.237. The second-order valence-corrected chi connectivity index (χ2v) is 6.39. The van der Waals surface area contributed by atoms with Crippen LogP contribution in [0, 0.1) is 10.1 Å². The summed E-state index contributed by atoms with van der Waals surface area (Å²) in [4.78, 5) is 34.5. The van der Waals surface area contributed by atoms with Crippen LogP contribution in [0.4, 0.5) is 5.69 Å². The van der Waals surface area contributed by atoms with Gasteiger partial charge in [-0.1, -0.05) is 0 Å². The zero-order chi connectivity index (χ0) is 22.7. The summed E-state index contributed by atoms with van der Waals surface area (Å²) in [6.07, 6.45) is -0.936. The van der Waals surface area contributed by atoms with Crippen LogP contribution < -0.4 is 14.2 Å². The fraction of sp³-hybridized carbons (Fsp3) is 0.250. The van der Waals surface area contributed by atoms with E-state index in [9.17, 15) is 19.7 Å². The summed E-state index contributed by atoms with van der Waals surface area (Å²) in [6.45, 7) is 2.47. The van der Waals surface area contributed by atoms with Crippen molar-refractivity contribution in [2.75, 3.05) is 14.2 Å². The lowest BCUT2D eigenvalue weighted by molar-refractivity contribution is -0.385. The molecule has 2 aromatic carbocycles. The molecular formula is C20H19N3O8. The normalized spacial score (nSPS) is 15.0. The fourth-order valence-electron chi connectivity index (χ4n) is 2.91. The zero-order valence-corrected chi connectivity index (χ0v) is 17.1. The molecule has 0 fully saturated rings. The summed E-state index contributed by atoms with van der Waals surface area (Å²) in [5, 5.41) is 16.6. The molecule has 0 aliphatic carbocycles. The average molecular weight is 429 g/mol. The number of nitrogens with zero attached hydrogens (tertiary/aromatic N) is 3. The summed E-state index contributed by atoms with van der Waals surface area (Å²) in [7, 11) is 2.80. The van der Waals surface area contributed by atoms with E-state index in [-0.39, 0.29) is 28.6 Å². The molecule has 0 aromatic heterocycles. The number of carbonyl (C=O) groups excluding carboxylic acids is 2. The minimum Gasteiger partial charge on any atom is -0.497 e. The molecule has 0 bridgehead atoms. The van der Waals surface area contributed by atoms with E-state index in [2.05, 4.69) is 5.10 Å². The minimum atomic E-state index is -0.936. The first-order valence-corrected chi connectivity index (χ1v) is 8.99. The average Bonchev–Trinajstić information content (AvgIpc) is 3.19. The van der Waals surface area contributed by atoms with Crippen molar-refractivity contribution in [3.63, 3.8) is 0 Å². The van der Waals surface area contributed by atoms with E-state index < -0.39 is 23.0 Å². The third kappa shape index (κ3) is 4.39. The molecule has 1 atom stereocenters. The highest BCUT2D eigenvalue weighted by molar-refractivity contribution is 6.01. The Hall–Kier alpha value is -4.15. The zero-order valence-electron chi connectivity index (χ0n) is 17.1. The molecule has 0 saturated carbocycles. The van der Waals surface area contributed by atoms with Gasteiger partial charge in [-0.25, -0.2) is 0 Å². The number of carbonyl (C=O) groups is 2. The van der Waals surface area contributed by atoms with Crippen LogP contribution >= 0.6 is 0 Å². The number of rotatable bonds is 6. The van der Waals surface area contributed by atoms with Gasteiger partial charge in [-0.3, -0.25) is 19.7 Å². The van der Waals surface area contributed by atoms with Gasteiger partial charge in [-0.2, -0.15) is 5.01 Å². The molecule has 11 heteroatoms. The van der Waals surface area contributed by atoms with E-state index >= 15 is 0 Å². The molecule has 2 aromatic rings. The topological polar surface area (TPSA) is 130 Å². The highest BCUT2D eigenvalue weighted by Crippen LogP contribution is 2.40. The smallest absolute Gasteiger partial charge is 0.308 e. The maximum atomic E-state index is 12.2. The fourth-order valence-corrected chi connectivity index (χ4v) is 2.91. The van der Waals surface area contributed by atoms with Crippen LogP contribution in [0.25, 0.3) is 0 Å². The molecule has 1 heterocycles. The number of non-ortho nitro benzene ring substituents is 1. The van der Waals surface area contributed by atoms with Crippen LogP contribution in [0.3, 0.4) is 0 Å². The van der Waals surface area contributed by atoms with Crippen LogP contribution in [0.1, 0.15) is 31.2 Å². The van der Waals surface area contributed by atoms with Gasteiger partial charge >= 0.3 is 5.97 Å². The third-order valence-electron chi connectivity index (χ3n) is 4.31. The van der Waals surface area contributed by atoms with E-state index in [0.717, 1.165) is 17.1 Å². The predicted octanol–water partition coefficient (Wildman–Crippen LogP) is 2.78. The molecule has 0 unspecified atom stereocenters. The Morgan fingerprint density at radius 1 is 1.13 bits per heavy atom. The second kappa shape index (κ2) is 8.69. The minimum absolute atomic E-state index is 0.0106. The molecule has 31 heavy (non-hydrogen) atoms. The largest absolute Gasteiger partial charge is 0.497 e. The maximum Gasteiger partial charge on any atom is 0.308 e. The maximum absolute atomic E-state index is 12.2. The van der Waals surface area contributed by atoms with Crippen LogP contribution in [0.2, 0.25) is 0 Å². The van der Waals surface area contributed by atoms with Gasteiger partial charge in [0.25, 0.3) is 5.69 Å². The van der Waals surface area contributed by atoms with Gasteiger partial charge in [-0.05, 0) is 24.3 Å². The molecule has 0 N–H and O–H groups in total. The molecule has 0 radical (unpaired) electrons. The third-order valence-corrected chi connectivity index (χ3v) is 4.31. The summed E-state index contributed by atoms with van der Waals surface area (Å²) >= 11 is 0. The lowest BCUT2D eigenvalue weighted by Gasteiger charge is -2.19. The molecule has 1 amide bonds. The van der Waals surface area contributed by atoms with E-state index in [1.807, 2.05) is 0 Å². The van der Waals surface area contributed by atoms with Gasteiger partial charge < -0.3 is 18.9 Å². The number of hydrazone groups is 1. The van der Waals surface area contributed by atoms with Crippen LogP contribution in [-0.4, -0.2) is 41.9 Å². The Bertz CT molecular complexity index is 1060. The van der Waals surface area contributed by atoms with Crippen molar-refractivity contribution >= 4 is 23.5 Å². The van der Waals surface area contributed by atoms with E-state index in [1.165, 1.54) is 28.1 Å². The van der Waals surface area contributed by atoms with Crippen LogP contribution in [0.5, 0.6) is 17.2 Å². The quantitative estimate of drug-likeness (QED) is 0.297. The first-order chi connectivity index (χ1) is 14.7. The number of ether oxygens (including phenoxy) is 4. The molecule has 0 saturated heterocycles. The Balaban J connectivity index is 2.10. The molecule has 162 valence electrons. The van der Waals surface area contributed by atoms with E-state index in [0.29, 0.717) is 11.3 Å². The summed E-state index contributed by atoms with van der Waals surface area (Å²) < 4.78 is 21.4. The summed E-state index contributed by atoms with van der Waals surface area (Å²) in [5.74, 6) is -0.817. The van der Waals surface area contributed by atoms with Crippen molar-refractivity contribution in [2.24, 2.45) is 5.10 Å². The first-order valence-electron chi connectivity index (χ1n) is 8.99. The van der Waals surface area contributed by atoms with Crippen molar-refractivity contribution in [3.05, 3.63) is 57.6 Å². The highest BCUT2D eigenvalue weighted by Gasteiger charge is 2.36. The van der Waals surface area contributed by atoms with E-state index in [1.54, 1.807) is 24.3 Å². The monoisotopic (exact) mass is 429 g/mol. The molecule has 0 spiro atoms. The standard InChI is InChI=1S/C20H19N3O8/c1-11(24)22-20(13-5-7-15(28-3)8-6-13)31-19(21-22)16-9-14(23(26)27)10-17(29-4)18(16)30-12(2)25/h5-10,20H,1-4H3/t20-/m0/s1. The lowest BCUT2D eigenvalue weighted by atomic mass is 10.1. The van der Waals surface area contributed by atoms with Crippen LogP contribution in [-0.2, 0) is 14.3 Å². The van der Waals surface area contributed by atoms with Crippen LogP contribution in [0.15, 0.2) is 41.5 Å². The van der Waals surface area contributed by atoms with Crippen molar-refractivity contribution in [1.82, 2.24) is 5.01 Å². The van der Waals surface area contributed by atoms with Gasteiger partial charge in [0.1, 0.15) is 5.75 Å². The molecule has 3 rings (SSSR count). The Labute approximate surface area is 176 Å². The number of methoxy groups -OCH3 is 2. The first kappa shape index (κ1) is 21.6. The highest BCUT2D eigenvalue weighted by atomic mass is 16.6. The number of hydrogen-bond donors (Lipinski definition) is 0. The SMILES string of the molecule is COc1ccc([C@@H]2OC(c3cc([N+](=O)[O-])cc(OC)c3OC(C)=O)=NN2C(C)=O)cc1.